The van der Waals surface area contributed by atoms with Crippen LogP contribution in [0.15, 0.2) is 66.9 Å². The zero-order valence-corrected chi connectivity index (χ0v) is 12.9. The predicted molar refractivity (Wildman–Crippen MR) is 89.3 cm³/mol. The van der Waals surface area contributed by atoms with Crippen LogP contribution in [0.4, 0.5) is 0 Å². The van der Waals surface area contributed by atoms with Crippen LogP contribution >= 0.6 is 11.6 Å². The van der Waals surface area contributed by atoms with Crippen molar-refractivity contribution in [1.29, 1.82) is 0 Å². The van der Waals surface area contributed by atoms with Crippen molar-refractivity contribution in [3.8, 4) is 22.5 Å². The fourth-order valence-corrected chi connectivity index (χ4v) is 2.11. The molecule has 0 aliphatic rings. The van der Waals surface area contributed by atoms with Crippen LogP contribution in [0.5, 0.6) is 0 Å². The van der Waals surface area contributed by atoms with Crippen LogP contribution in [0, 0.1) is 0 Å². The van der Waals surface area contributed by atoms with Gasteiger partial charge in [0.15, 0.2) is 0 Å². The van der Waals surface area contributed by atoms with E-state index in [4.69, 9.17) is 11.6 Å². The van der Waals surface area contributed by atoms with E-state index in [1.54, 1.807) is 6.20 Å². The van der Waals surface area contributed by atoms with Crippen LogP contribution < -0.4 is 0 Å². The molecule has 0 amide bonds. The largest absolute Gasteiger partial charge is 0.251 e. The monoisotopic (exact) mass is 296 g/mol. The van der Waals surface area contributed by atoms with Gasteiger partial charge in [0.2, 0.25) is 0 Å². The molecule has 0 saturated heterocycles. The molecule has 3 rings (SSSR count). The topological polar surface area (TPSA) is 25.8 Å². The first kappa shape index (κ1) is 15.2. The Hall–Kier alpha value is -2.19. The number of benzene rings is 2. The summed E-state index contributed by atoms with van der Waals surface area (Å²) >= 11 is 5.98. The van der Waals surface area contributed by atoms with E-state index in [2.05, 4.69) is 9.97 Å². The third-order valence-corrected chi connectivity index (χ3v) is 3.02. The number of rotatable bonds is 2. The lowest BCUT2D eigenvalue weighted by Gasteiger charge is -2.08. The lowest BCUT2D eigenvalue weighted by atomic mass is 10.0. The maximum atomic E-state index is 5.98. The van der Waals surface area contributed by atoms with Crippen molar-refractivity contribution in [2.24, 2.45) is 0 Å². The summed E-state index contributed by atoms with van der Waals surface area (Å²) < 4.78 is 0. The summed E-state index contributed by atoms with van der Waals surface area (Å²) in [6.07, 6.45) is 1.58. The molecule has 0 aliphatic carbocycles. The van der Waals surface area contributed by atoms with Gasteiger partial charge in [-0.25, -0.2) is 4.98 Å². The molecule has 21 heavy (non-hydrogen) atoms. The number of hydrogen-bond acceptors (Lipinski definition) is 2. The minimum Gasteiger partial charge on any atom is -0.251 e. The number of aromatic nitrogens is 2. The quantitative estimate of drug-likeness (QED) is 0.625. The lowest BCUT2D eigenvalue weighted by molar-refractivity contribution is 1.21. The molecule has 3 heteroatoms. The van der Waals surface area contributed by atoms with Gasteiger partial charge in [-0.15, -0.1) is 0 Å². The highest BCUT2D eigenvalue weighted by Crippen LogP contribution is 2.29. The van der Waals surface area contributed by atoms with Crippen molar-refractivity contribution in [3.05, 3.63) is 72.0 Å². The van der Waals surface area contributed by atoms with Crippen LogP contribution in [0.1, 0.15) is 13.8 Å². The molecule has 0 atom stereocenters. The van der Waals surface area contributed by atoms with Crippen LogP contribution in [0.3, 0.4) is 0 Å². The maximum Gasteiger partial charge on any atom is 0.148 e. The molecule has 0 saturated carbocycles. The average molecular weight is 297 g/mol. The van der Waals surface area contributed by atoms with E-state index >= 15 is 0 Å². The Morgan fingerprint density at radius 2 is 1.19 bits per heavy atom. The first-order valence-electron chi connectivity index (χ1n) is 6.98. The normalized spacial score (nSPS) is 9.67. The smallest absolute Gasteiger partial charge is 0.148 e. The molecule has 0 fully saturated rings. The Morgan fingerprint density at radius 1 is 0.714 bits per heavy atom. The second-order valence-corrected chi connectivity index (χ2v) is 4.51. The molecule has 106 valence electrons. The molecule has 3 aromatic rings. The summed E-state index contributed by atoms with van der Waals surface area (Å²) in [5.41, 5.74) is 3.69. The Labute approximate surface area is 130 Å². The molecule has 0 radical (unpaired) electrons. The fraction of sp³-hybridized carbons (Fsp3) is 0.111. The third kappa shape index (κ3) is 3.67. The van der Waals surface area contributed by atoms with Gasteiger partial charge in [-0.05, 0) is 0 Å². The minimum atomic E-state index is 0.401. The Balaban J connectivity index is 0.000000774. The molecule has 0 N–H and O–H groups in total. The molecule has 2 aromatic carbocycles. The highest BCUT2D eigenvalue weighted by atomic mass is 35.5. The average Bonchev–Trinajstić information content (AvgIpc) is 2.58. The second-order valence-electron chi connectivity index (χ2n) is 4.12. The predicted octanol–water partition coefficient (Wildman–Crippen LogP) is 5.49. The van der Waals surface area contributed by atoms with E-state index in [1.165, 1.54) is 0 Å². The van der Waals surface area contributed by atoms with E-state index in [0.29, 0.717) is 5.15 Å². The minimum absolute atomic E-state index is 0.401. The highest BCUT2D eigenvalue weighted by Gasteiger charge is 2.10. The Bertz CT molecular complexity index is 682. The van der Waals surface area contributed by atoms with Gasteiger partial charge in [0.25, 0.3) is 0 Å². The van der Waals surface area contributed by atoms with Gasteiger partial charge < -0.3 is 0 Å². The van der Waals surface area contributed by atoms with Gasteiger partial charge in [0.1, 0.15) is 5.15 Å². The zero-order valence-electron chi connectivity index (χ0n) is 12.1. The van der Waals surface area contributed by atoms with E-state index in [1.807, 2.05) is 74.5 Å². The Morgan fingerprint density at radius 3 is 1.71 bits per heavy atom. The lowest BCUT2D eigenvalue weighted by Crippen LogP contribution is -1.93. The molecule has 0 spiro atoms. The molecule has 1 heterocycles. The van der Waals surface area contributed by atoms with E-state index in [-0.39, 0.29) is 0 Å². The summed E-state index contributed by atoms with van der Waals surface area (Å²) in [7, 11) is 0. The molecule has 0 unspecified atom stereocenters. The van der Waals surface area contributed by atoms with E-state index in [9.17, 15) is 0 Å². The van der Waals surface area contributed by atoms with Crippen molar-refractivity contribution in [2.45, 2.75) is 13.8 Å². The standard InChI is InChI=1S/C16H11ClN2.C2H6/c17-14-11-18-15(12-7-3-1-4-8-12)16(19-14)13-9-5-2-6-10-13;1-2/h1-11H;1-2H3. The molecule has 0 bridgehead atoms. The SMILES string of the molecule is CC.Clc1cnc(-c2ccccc2)c(-c2ccccc2)n1. The van der Waals surface area contributed by atoms with Crippen LogP contribution in [0.25, 0.3) is 22.5 Å². The van der Waals surface area contributed by atoms with Gasteiger partial charge in [-0.3, -0.25) is 4.98 Å². The van der Waals surface area contributed by atoms with Crippen LogP contribution in [-0.4, -0.2) is 9.97 Å². The summed E-state index contributed by atoms with van der Waals surface area (Å²) in [5.74, 6) is 0. The first-order valence-corrected chi connectivity index (χ1v) is 7.36. The highest BCUT2D eigenvalue weighted by molar-refractivity contribution is 6.29. The van der Waals surface area contributed by atoms with Crippen molar-refractivity contribution in [2.75, 3.05) is 0 Å². The number of hydrogen-bond donors (Lipinski definition) is 0. The molecular formula is C18H17ClN2. The summed E-state index contributed by atoms with van der Waals surface area (Å²) in [5, 5.41) is 0.401. The van der Waals surface area contributed by atoms with Crippen molar-refractivity contribution in [1.82, 2.24) is 9.97 Å². The van der Waals surface area contributed by atoms with Crippen molar-refractivity contribution in [3.63, 3.8) is 0 Å². The summed E-state index contributed by atoms with van der Waals surface area (Å²) in [6, 6.07) is 19.9. The van der Waals surface area contributed by atoms with Crippen LogP contribution in [-0.2, 0) is 0 Å². The van der Waals surface area contributed by atoms with E-state index in [0.717, 1.165) is 22.5 Å². The maximum absolute atomic E-state index is 5.98. The second kappa shape index (κ2) is 7.55. The van der Waals surface area contributed by atoms with Gasteiger partial charge in [-0.1, -0.05) is 86.1 Å². The molecule has 2 nitrogen and oxygen atoms in total. The third-order valence-electron chi connectivity index (χ3n) is 2.84. The van der Waals surface area contributed by atoms with Gasteiger partial charge >= 0.3 is 0 Å². The summed E-state index contributed by atoms with van der Waals surface area (Å²) in [4.78, 5) is 8.85. The molecular weight excluding hydrogens is 280 g/mol. The van der Waals surface area contributed by atoms with Gasteiger partial charge in [-0.2, -0.15) is 0 Å². The number of halogens is 1. The molecule has 1 aromatic heterocycles. The number of nitrogens with zero attached hydrogens (tertiary/aromatic N) is 2. The Kier molecular flexibility index (Phi) is 5.47. The van der Waals surface area contributed by atoms with Gasteiger partial charge in [0.05, 0.1) is 17.6 Å². The molecule has 0 aliphatic heterocycles. The first-order chi connectivity index (χ1) is 10.3. The van der Waals surface area contributed by atoms with E-state index < -0.39 is 0 Å². The van der Waals surface area contributed by atoms with Gasteiger partial charge in [0, 0.05) is 11.1 Å². The zero-order chi connectivity index (χ0) is 15.1. The van der Waals surface area contributed by atoms with Crippen LogP contribution in [0.2, 0.25) is 5.15 Å². The van der Waals surface area contributed by atoms with Crippen molar-refractivity contribution < 1.29 is 0 Å². The van der Waals surface area contributed by atoms with Crippen molar-refractivity contribution >= 4 is 11.6 Å². The summed E-state index contributed by atoms with van der Waals surface area (Å²) in [6.45, 7) is 4.00. The fourth-order valence-electron chi connectivity index (χ4n) is 1.97.